The molecule has 174 valence electrons. The van der Waals surface area contributed by atoms with Gasteiger partial charge in [0, 0.05) is 45.9 Å². The molecule has 0 aliphatic heterocycles. The summed E-state index contributed by atoms with van der Waals surface area (Å²) < 4.78 is 16.0. The van der Waals surface area contributed by atoms with Gasteiger partial charge in [-0.3, -0.25) is 4.79 Å². The predicted molar refractivity (Wildman–Crippen MR) is 127 cm³/mol. The minimum Gasteiger partial charge on any atom is -0.497 e. The van der Waals surface area contributed by atoms with Crippen LogP contribution in [0.1, 0.15) is 11.1 Å². The van der Waals surface area contributed by atoms with E-state index in [1.54, 1.807) is 35.4 Å². The van der Waals surface area contributed by atoms with Gasteiger partial charge in [-0.25, -0.2) is 4.99 Å². The van der Waals surface area contributed by atoms with Gasteiger partial charge < -0.3 is 29.3 Å². The van der Waals surface area contributed by atoms with Crippen LogP contribution >= 0.6 is 0 Å². The van der Waals surface area contributed by atoms with Crippen molar-refractivity contribution in [2.24, 2.45) is 4.99 Å². The summed E-state index contributed by atoms with van der Waals surface area (Å²) >= 11 is 0. The highest BCUT2D eigenvalue weighted by Gasteiger charge is 2.13. The fourth-order valence-corrected chi connectivity index (χ4v) is 3.02. The molecule has 32 heavy (non-hydrogen) atoms. The number of likely N-dealkylation sites (N-methyl/N-ethyl adjacent to an activating group) is 1. The van der Waals surface area contributed by atoms with Crippen LogP contribution in [0.4, 0.5) is 0 Å². The third-order valence-electron chi connectivity index (χ3n) is 4.98. The largest absolute Gasteiger partial charge is 0.497 e. The van der Waals surface area contributed by atoms with Crippen molar-refractivity contribution in [3.63, 3.8) is 0 Å². The van der Waals surface area contributed by atoms with Crippen molar-refractivity contribution in [2.75, 3.05) is 55.6 Å². The lowest BCUT2D eigenvalue weighted by Crippen LogP contribution is -2.40. The molecule has 8 heteroatoms. The van der Waals surface area contributed by atoms with Crippen molar-refractivity contribution in [3.8, 4) is 17.2 Å². The average molecular weight is 443 g/mol. The second-order valence-corrected chi connectivity index (χ2v) is 7.49. The van der Waals surface area contributed by atoms with Gasteiger partial charge in [0.25, 0.3) is 0 Å². The molecule has 0 aromatic heterocycles. The molecule has 2 aromatic rings. The number of carbonyl (C=O) groups excluding carboxylic acids is 1. The maximum absolute atomic E-state index is 12.1. The molecule has 0 atom stereocenters. The molecule has 0 heterocycles. The lowest BCUT2D eigenvalue weighted by Gasteiger charge is -2.24. The van der Waals surface area contributed by atoms with E-state index < -0.39 is 0 Å². The number of amides is 1. The second-order valence-electron chi connectivity index (χ2n) is 7.49. The molecule has 0 unspecified atom stereocenters. The Labute approximate surface area is 190 Å². The standard InChI is InChI=1S/C24H34N4O4/c1-27(2)23(29)16-26-24(25-14-13-18-7-10-20(30-4)11-8-18)28(3)17-19-9-12-21(31-5)15-22(19)32-6/h7-12,15H,13-14,16-17H2,1-6H3,(H,25,26). The molecule has 0 radical (unpaired) electrons. The Hall–Kier alpha value is -3.42. The Morgan fingerprint density at radius 1 is 0.938 bits per heavy atom. The van der Waals surface area contributed by atoms with Crippen LogP contribution in [-0.2, 0) is 17.8 Å². The SMILES string of the molecule is COc1ccc(CCNC(=NCC(=O)N(C)C)N(C)Cc2ccc(OC)cc2OC)cc1. The first kappa shape index (κ1) is 24.8. The van der Waals surface area contributed by atoms with Crippen LogP contribution in [0, 0.1) is 0 Å². The third-order valence-corrected chi connectivity index (χ3v) is 4.98. The molecule has 0 aliphatic carbocycles. The molecule has 1 N–H and O–H groups in total. The monoisotopic (exact) mass is 442 g/mol. The van der Waals surface area contributed by atoms with Gasteiger partial charge in [-0.15, -0.1) is 0 Å². The van der Waals surface area contributed by atoms with Crippen LogP contribution < -0.4 is 19.5 Å². The van der Waals surface area contributed by atoms with Crippen LogP contribution in [0.25, 0.3) is 0 Å². The molecule has 0 fully saturated rings. The lowest BCUT2D eigenvalue weighted by molar-refractivity contribution is -0.127. The number of ether oxygens (including phenoxy) is 3. The summed E-state index contributed by atoms with van der Waals surface area (Å²) in [5, 5.41) is 3.38. The first-order valence-electron chi connectivity index (χ1n) is 10.4. The highest BCUT2D eigenvalue weighted by atomic mass is 16.5. The van der Waals surface area contributed by atoms with Gasteiger partial charge in [0.2, 0.25) is 5.91 Å². The van der Waals surface area contributed by atoms with E-state index in [9.17, 15) is 4.79 Å². The topological polar surface area (TPSA) is 75.6 Å². The van der Waals surface area contributed by atoms with E-state index in [0.717, 1.165) is 29.2 Å². The van der Waals surface area contributed by atoms with E-state index in [4.69, 9.17) is 14.2 Å². The molecule has 0 aliphatic rings. The molecule has 0 spiro atoms. The summed E-state index contributed by atoms with van der Waals surface area (Å²) in [5.41, 5.74) is 2.17. The van der Waals surface area contributed by atoms with Crippen molar-refractivity contribution < 1.29 is 19.0 Å². The minimum absolute atomic E-state index is 0.0603. The number of guanidine groups is 1. The number of hydrogen-bond donors (Lipinski definition) is 1. The molecule has 2 rings (SSSR count). The normalized spacial score (nSPS) is 11.0. The smallest absolute Gasteiger partial charge is 0.243 e. The van der Waals surface area contributed by atoms with Gasteiger partial charge in [-0.1, -0.05) is 12.1 Å². The summed E-state index contributed by atoms with van der Waals surface area (Å²) in [4.78, 5) is 20.1. The molecular weight excluding hydrogens is 408 g/mol. The highest BCUT2D eigenvalue weighted by molar-refractivity contribution is 5.84. The highest BCUT2D eigenvalue weighted by Crippen LogP contribution is 2.25. The number of aliphatic imine (C=N–C) groups is 1. The lowest BCUT2D eigenvalue weighted by atomic mass is 10.1. The molecule has 0 saturated heterocycles. The van der Waals surface area contributed by atoms with Gasteiger partial charge in [0.1, 0.15) is 23.8 Å². The maximum atomic E-state index is 12.1. The summed E-state index contributed by atoms with van der Waals surface area (Å²) in [6.45, 7) is 1.30. The molecule has 1 amide bonds. The van der Waals surface area contributed by atoms with E-state index in [1.807, 2.05) is 54.4 Å². The molecule has 2 aromatic carbocycles. The van der Waals surface area contributed by atoms with Gasteiger partial charge in [-0.2, -0.15) is 0 Å². The van der Waals surface area contributed by atoms with Crippen LogP contribution in [0.15, 0.2) is 47.5 Å². The quantitative estimate of drug-likeness (QED) is 0.450. The van der Waals surface area contributed by atoms with Gasteiger partial charge in [-0.05, 0) is 36.2 Å². The van der Waals surface area contributed by atoms with E-state index in [1.165, 1.54) is 10.5 Å². The summed E-state index contributed by atoms with van der Waals surface area (Å²) in [5.74, 6) is 2.88. The van der Waals surface area contributed by atoms with E-state index in [-0.39, 0.29) is 12.5 Å². The second kappa shape index (κ2) is 12.4. The zero-order chi connectivity index (χ0) is 23.5. The zero-order valence-corrected chi connectivity index (χ0v) is 19.8. The Balaban J connectivity index is 2.10. The van der Waals surface area contributed by atoms with Crippen LogP contribution in [0.2, 0.25) is 0 Å². The van der Waals surface area contributed by atoms with Crippen molar-refractivity contribution in [3.05, 3.63) is 53.6 Å². The van der Waals surface area contributed by atoms with Crippen molar-refractivity contribution in [2.45, 2.75) is 13.0 Å². The third kappa shape index (κ3) is 7.37. The fourth-order valence-electron chi connectivity index (χ4n) is 3.02. The summed E-state index contributed by atoms with van der Waals surface area (Å²) in [6.07, 6.45) is 0.810. The number of rotatable bonds is 10. The number of nitrogens with one attached hydrogen (secondary N) is 1. The van der Waals surface area contributed by atoms with Gasteiger partial charge >= 0.3 is 0 Å². The molecular formula is C24H34N4O4. The Kier molecular flexibility index (Phi) is 9.66. The van der Waals surface area contributed by atoms with E-state index in [0.29, 0.717) is 19.0 Å². The van der Waals surface area contributed by atoms with Gasteiger partial charge in [0.15, 0.2) is 5.96 Å². The first-order chi connectivity index (χ1) is 15.4. The summed E-state index contributed by atoms with van der Waals surface area (Å²) in [7, 11) is 10.3. The average Bonchev–Trinajstić information content (AvgIpc) is 2.81. The molecule has 0 saturated carbocycles. The number of methoxy groups -OCH3 is 3. The van der Waals surface area contributed by atoms with Crippen LogP contribution in [-0.4, -0.2) is 77.2 Å². The maximum Gasteiger partial charge on any atom is 0.243 e. The number of benzene rings is 2. The zero-order valence-electron chi connectivity index (χ0n) is 19.8. The minimum atomic E-state index is -0.0603. The molecule has 0 bridgehead atoms. The Bertz CT molecular complexity index is 897. The number of carbonyl (C=O) groups is 1. The summed E-state index contributed by atoms with van der Waals surface area (Å²) in [6, 6.07) is 13.7. The van der Waals surface area contributed by atoms with Crippen LogP contribution in [0.3, 0.4) is 0 Å². The van der Waals surface area contributed by atoms with E-state index >= 15 is 0 Å². The number of hydrogen-bond acceptors (Lipinski definition) is 5. The predicted octanol–water partition coefficient (Wildman–Crippen LogP) is 2.42. The van der Waals surface area contributed by atoms with Crippen molar-refractivity contribution >= 4 is 11.9 Å². The first-order valence-corrected chi connectivity index (χ1v) is 10.4. The van der Waals surface area contributed by atoms with Gasteiger partial charge in [0.05, 0.1) is 21.3 Å². The fraction of sp³-hybridized carbons (Fsp3) is 0.417. The van der Waals surface area contributed by atoms with Crippen molar-refractivity contribution in [1.29, 1.82) is 0 Å². The molecule has 8 nitrogen and oxygen atoms in total. The Morgan fingerprint density at radius 2 is 1.59 bits per heavy atom. The number of nitrogens with zero attached hydrogens (tertiary/aromatic N) is 3. The Morgan fingerprint density at radius 3 is 2.19 bits per heavy atom. The van der Waals surface area contributed by atoms with E-state index in [2.05, 4.69) is 10.3 Å². The van der Waals surface area contributed by atoms with Crippen LogP contribution in [0.5, 0.6) is 17.2 Å². The van der Waals surface area contributed by atoms with Crippen molar-refractivity contribution in [1.82, 2.24) is 15.1 Å².